The van der Waals surface area contributed by atoms with Gasteiger partial charge in [-0.2, -0.15) is 0 Å². The Bertz CT molecular complexity index is 2600. The molecule has 60 heavy (non-hydrogen) atoms. The first-order valence-corrected chi connectivity index (χ1v) is 20.7. The van der Waals surface area contributed by atoms with Crippen molar-refractivity contribution in [2.45, 2.75) is 77.5 Å². The fourth-order valence-corrected chi connectivity index (χ4v) is 8.29. The molecule has 3 aromatic heterocycles. The molecule has 7 aromatic rings. The number of rotatable bonds is 8. The summed E-state index contributed by atoms with van der Waals surface area (Å²) in [6.45, 7) is 17.8. The Morgan fingerprint density at radius 1 is 0.350 bits per heavy atom. The first-order chi connectivity index (χ1) is 28.7. The molecule has 5 heterocycles. The Morgan fingerprint density at radius 3 is 1.10 bits per heavy atom. The van der Waals surface area contributed by atoms with Crippen molar-refractivity contribution in [2.75, 3.05) is 9.80 Å². The van der Waals surface area contributed by atoms with E-state index in [0.717, 1.165) is 67.8 Å². The minimum atomic E-state index is -0.354. The van der Waals surface area contributed by atoms with Crippen molar-refractivity contribution >= 4 is 23.0 Å². The molecular weight excluding hydrogens is 735 g/mol. The minimum absolute atomic E-state index is 0.342. The smallest absolute Gasteiger partial charge is 0.136 e. The molecule has 0 spiro atoms. The van der Waals surface area contributed by atoms with E-state index in [1.807, 2.05) is 43.0 Å². The Labute approximate surface area is 354 Å². The van der Waals surface area contributed by atoms with Gasteiger partial charge in [-0.3, -0.25) is 20.0 Å². The average molecular weight is 786 g/mol. The van der Waals surface area contributed by atoms with Crippen LogP contribution in [0.15, 0.2) is 174 Å². The molecule has 2 aliphatic rings. The molecule has 7 nitrogen and oxygen atoms in total. The predicted molar refractivity (Wildman–Crippen MR) is 249 cm³/mol. The quantitative estimate of drug-likeness (QED) is 0.153. The maximum atomic E-state index is 5.41. The number of aliphatic imine (C=N–C) groups is 2. The standard InChI is InChI=1S/C53H51N7/c1-50(2)52(5,6)59(48(57-50)39-20-14-10-15-21-39)44-28-42(32-54-34-44)46-30-41(38-26-24-37(25-27-38)36-18-12-9-13-19-36)31-47(56-46)43-29-45(35-55-33-43)60-49(40-22-16-11-17-23-40)58-51(3,4)53(60,7)8/h9-35H,1-8H3. The van der Waals surface area contributed by atoms with Gasteiger partial charge < -0.3 is 9.80 Å². The van der Waals surface area contributed by atoms with Crippen molar-refractivity contribution in [2.24, 2.45) is 9.98 Å². The average Bonchev–Trinajstić information content (AvgIpc) is 3.59. The van der Waals surface area contributed by atoms with Gasteiger partial charge in [0.25, 0.3) is 0 Å². The lowest BCUT2D eigenvalue weighted by Crippen LogP contribution is -2.53. The van der Waals surface area contributed by atoms with E-state index in [4.69, 9.17) is 24.9 Å². The van der Waals surface area contributed by atoms with Crippen LogP contribution in [0.25, 0.3) is 44.8 Å². The molecule has 0 saturated carbocycles. The van der Waals surface area contributed by atoms with Crippen LogP contribution in [0.4, 0.5) is 11.4 Å². The molecule has 0 amide bonds. The molecule has 298 valence electrons. The Kier molecular flexibility index (Phi) is 9.38. The summed E-state index contributed by atoms with van der Waals surface area (Å²) in [5, 5.41) is 0. The van der Waals surface area contributed by atoms with Gasteiger partial charge in [-0.25, -0.2) is 4.98 Å². The maximum absolute atomic E-state index is 5.41. The summed E-state index contributed by atoms with van der Waals surface area (Å²) >= 11 is 0. The SMILES string of the molecule is CC1(C)N=C(c2ccccc2)N(c2cncc(-c3cc(-c4ccc(-c5ccccc5)cc4)cc(-c4cncc(N5C(c6ccccc6)=NC(C)(C)C5(C)C)c4)n3)c2)C1(C)C. The minimum Gasteiger partial charge on any atom is -0.317 e. The number of aromatic nitrogens is 3. The number of pyridine rings is 3. The molecular formula is C53H51N7. The van der Waals surface area contributed by atoms with E-state index in [0.29, 0.717) is 0 Å². The number of benzene rings is 4. The number of hydrogen-bond donors (Lipinski definition) is 0. The van der Waals surface area contributed by atoms with Crippen LogP contribution in [0.5, 0.6) is 0 Å². The van der Waals surface area contributed by atoms with Crippen LogP contribution < -0.4 is 9.80 Å². The second-order valence-electron chi connectivity index (χ2n) is 17.9. The molecule has 0 atom stereocenters. The molecule has 4 aromatic carbocycles. The lowest BCUT2D eigenvalue weighted by Gasteiger charge is -2.41. The molecule has 0 saturated heterocycles. The Hall–Kier alpha value is -6.73. The predicted octanol–water partition coefficient (Wildman–Crippen LogP) is 12.2. The largest absolute Gasteiger partial charge is 0.317 e. The molecule has 2 aliphatic heterocycles. The number of amidine groups is 2. The molecule has 0 bridgehead atoms. The fourth-order valence-electron chi connectivity index (χ4n) is 8.29. The van der Waals surface area contributed by atoms with Gasteiger partial charge in [0.2, 0.25) is 0 Å². The third-order valence-corrected chi connectivity index (χ3v) is 13.1. The normalized spacial score (nSPS) is 17.3. The number of hydrogen-bond acceptors (Lipinski definition) is 7. The van der Waals surface area contributed by atoms with Gasteiger partial charge in [0.1, 0.15) is 11.7 Å². The number of nitrogens with zero attached hydrogens (tertiary/aromatic N) is 7. The Balaban J connectivity index is 1.18. The highest BCUT2D eigenvalue weighted by Crippen LogP contribution is 2.45. The zero-order valence-corrected chi connectivity index (χ0v) is 35.7. The van der Waals surface area contributed by atoms with E-state index in [9.17, 15) is 0 Å². The molecule has 0 aliphatic carbocycles. The van der Waals surface area contributed by atoms with Crippen LogP contribution in [-0.2, 0) is 0 Å². The van der Waals surface area contributed by atoms with E-state index in [-0.39, 0.29) is 22.2 Å². The maximum Gasteiger partial charge on any atom is 0.136 e. The molecule has 0 fully saturated rings. The molecule has 0 radical (unpaired) electrons. The van der Waals surface area contributed by atoms with Gasteiger partial charge in [-0.1, -0.05) is 115 Å². The third kappa shape index (κ3) is 6.68. The summed E-state index contributed by atoms with van der Waals surface area (Å²) in [7, 11) is 0. The second kappa shape index (κ2) is 14.5. The highest BCUT2D eigenvalue weighted by molar-refractivity contribution is 6.14. The van der Waals surface area contributed by atoms with Crippen LogP contribution in [0.2, 0.25) is 0 Å². The molecule has 9 rings (SSSR count). The van der Waals surface area contributed by atoms with Crippen LogP contribution in [0.3, 0.4) is 0 Å². The summed E-state index contributed by atoms with van der Waals surface area (Å²) < 4.78 is 0. The zero-order valence-electron chi connectivity index (χ0n) is 35.7. The van der Waals surface area contributed by atoms with Crippen molar-refractivity contribution in [1.29, 1.82) is 0 Å². The van der Waals surface area contributed by atoms with E-state index in [1.165, 1.54) is 11.1 Å². The lowest BCUT2D eigenvalue weighted by atomic mass is 9.83. The van der Waals surface area contributed by atoms with Crippen LogP contribution in [0, 0.1) is 0 Å². The third-order valence-electron chi connectivity index (χ3n) is 13.1. The van der Waals surface area contributed by atoms with E-state index < -0.39 is 0 Å². The van der Waals surface area contributed by atoms with Gasteiger partial charge in [0.05, 0.1) is 57.3 Å². The zero-order chi connectivity index (χ0) is 41.9. The first kappa shape index (κ1) is 38.8. The summed E-state index contributed by atoms with van der Waals surface area (Å²) in [6, 6.07) is 48.9. The van der Waals surface area contributed by atoms with E-state index in [1.54, 1.807) is 0 Å². The number of anilines is 2. The van der Waals surface area contributed by atoms with Gasteiger partial charge in [0, 0.05) is 34.6 Å². The fraction of sp³-hybridized carbons (Fsp3) is 0.226. The highest BCUT2D eigenvalue weighted by atomic mass is 15.3. The van der Waals surface area contributed by atoms with Crippen molar-refractivity contribution < 1.29 is 0 Å². The van der Waals surface area contributed by atoms with Gasteiger partial charge in [0.15, 0.2) is 0 Å². The van der Waals surface area contributed by atoms with Crippen molar-refractivity contribution in [3.8, 4) is 44.8 Å². The van der Waals surface area contributed by atoms with Gasteiger partial charge >= 0.3 is 0 Å². The highest BCUT2D eigenvalue weighted by Gasteiger charge is 2.51. The second-order valence-corrected chi connectivity index (χ2v) is 17.9. The monoisotopic (exact) mass is 785 g/mol. The molecule has 7 heteroatoms. The first-order valence-electron chi connectivity index (χ1n) is 20.7. The summed E-state index contributed by atoms with van der Waals surface area (Å²) in [6.07, 6.45) is 7.71. The topological polar surface area (TPSA) is 69.9 Å². The van der Waals surface area contributed by atoms with Gasteiger partial charge in [-0.05, 0) is 102 Å². The Morgan fingerprint density at radius 2 is 0.700 bits per heavy atom. The van der Waals surface area contributed by atoms with Crippen molar-refractivity contribution in [3.05, 3.63) is 175 Å². The van der Waals surface area contributed by atoms with Crippen molar-refractivity contribution in [1.82, 2.24) is 15.0 Å². The van der Waals surface area contributed by atoms with Crippen molar-refractivity contribution in [3.63, 3.8) is 0 Å². The van der Waals surface area contributed by atoms with E-state index >= 15 is 0 Å². The summed E-state index contributed by atoms with van der Waals surface area (Å²) in [5.74, 6) is 1.86. The van der Waals surface area contributed by atoms with Crippen LogP contribution in [-0.4, -0.2) is 48.8 Å². The summed E-state index contributed by atoms with van der Waals surface area (Å²) in [5.41, 5.74) is 10.6. The summed E-state index contributed by atoms with van der Waals surface area (Å²) in [4.78, 5) is 30.4. The van der Waals surface area contributed by atoms with E-state index in [2.05, 4.69) is 187 Å². The lowest BCUT2D eigenvalue weighted by molar-refractivity contribution is 0.338. The molecule has 0 unspecified atom stereocenters. The van der Waals surface area contributed by atoms with Crippen LogP contribution in [0.1, 0.15) is 66.5 Å². The molecule has 0 N–H and O–H groups in total. The van der Waals surface area contributed by atoms with Crippen LogP contribution >= 0.6 is 0 Å². The van der Waals surface area contributed by atoms with Gasteiger partial charge in [-0.15, -0.1) is 0 Å².